The minimum Gasteiger partial charge on any atom is -0.493 e. The Bertz CT molecular complexity index is 774. The van der Waals surface area contributed by atoms with Gasteiger partial charge in [0.05, 0.1) is 18.8 Å². The molecule has 1 amide bonds. The Morgan fingerprint density at radius 2 is 1.77 bits per heavy atom. The van der Waals surface area contributed by atoms with Crippen molar-refractivity contribution in [2.24, 2.45) is 0 Å². The van der Waals surface area contributed by atoms with Crippen LogP contribution in [0.25, 0.3) is 0 Å². The first-order valence-electron chi connectivity index (χ1n) is 7.96. The van der Waals surface area contributed by atoms with Crippen LogP contribution in [-0.2, 0) is 9.53 Å². The molecule has 0 fully saturated rings. The Morgan fingerprint density at radius 1 is 1.08 bits per heavy atom. The van der Waals surface area contributed by atoms with Crippen LogP contribution >= 0.6 is 0 Å². The van der Waals surface area contributed by atoms with E-state index in [1.54, 1.807) is 13.8 Å². The van der Waals surface area contributed by atoms with E-state index in [1.807, 2.05) is 0 Å². The minimum atomic E-state index is -0.473. The molecule has 138 valence electrons. The Labute approximate surface area is 150 Å². The topological polar surface area (TPSA) is 73.9 Å². The van der Waals surface area contributed by atoms with Crippen LogP contribution in [0.5, 0.6) is 11.5 Å². The normalized spacial score (nSPS) is 10.3. The zero-order valence-corrected chi connectivity index (χ0v) is 14.7. The number of methoxy groups -OCH3 is 1. The maximum absolute atomic E-state index is 12.9. The molecule has 0 aliphatic heterocycles. The zero-order chi connectivity index (χ0) is 19.1. The molecular weight excluding hydrogens is 341 g/mol. The number of hydrogen-bond donors (Lipinski definition) is 1. The second-order valence-corrected chi connectivity index (χ2v) is 5.66. The fraction of sp³-hybridized carbons (Fsp3) is 0.263. The van der Waals surface area contributed by atoms with Crippen molar-refractivity contribution in [3.05, 3.63) is 53.8 Å². The molecule has 0 saturated carbocycles. The van der Waals surface area contributed by atoms with Crippen molar-refractivity contribution in [1.82, 2.24) is 0 Å². The summed E-state index contributed by atoms with van der Waals surface area (Å²) in [7, 11) is 1.43. The number of esters is 1. The maximum Gasteiger partial charge on any atom is 0.338 e. The molecule has 0 spiro atoms. The first-order chi connectivity index (χ1) is 12.4. The molecule has 2 aromatic carbocycles. The van der Waals surface area contributed by atoms with Crippen molar-refractivity contribution in [3.63, 3.8) is 0 Å². The van der Waals surface area contributed by atoms with E-state index in [-0.39, 0.29) is 18.5 Å². The number of carbonyl (C=O) groups excluding carboxylic acids is 2. The van der Waals surface area contributed by atoms with Crippen molar-refractivity contribution < 1.29 is 28.2 Å². The van der Waals surface area contributed by atoms with Crippen LogP contribution in [0.1, 0.15) is 24.2 Å². The summed E-state index contributed by atoms with van der Waals surface area (Å²) in [4.78, 5) is 23.8. The summed E-state index contributed by atoms with van der Waals surface area (Å²) in [6.45, 7) is 3.24. The highest BCUT2D eigenvalue weighted by Gasteiger charge is 2.14. The number of hydrogen-bond acceptors (Lipinski definition) is 5. The van der Waals surface area contributed by atoms with E-state index in [2.05, 4.69) is 5.32 Å². The minimum absolute atomic E-state index is 0.237. The van der Waals surface area contributed by atoms with Gasteiger partial charge in [-0.3, -0.25) is 4.79 Å². The molecule has 0 atom stereocenters. The Morgan fingerprint density at radius 3 is 2.38 bits per heavy atom. The zero-order valence-electron chi connectivity index (χ0n) is 14.7. The lowest BCUT2D eigenvalue weighted by atomic mass is 10.2. The number of amides is 1. The molecule has 0 aromatic heterocycles. The SMILES string of the molecule is COc1cc(C(=O)OC(C)C)ccc1OCC(=O)Nc1ccc(F)cc1. The van der Waals surface area contributed by atoms with Crippen LogP contribution in [0, 0.1) is 5.82 Å². The van der Waals surface area contributed by atoms with Gasteiger partial charge < -0.3 is 19.5 Å². The standard InChI is InChI=1S/C19H20FNO5/c1-12(2)26-19(23)13-4-9-16(17(10-13)24-3)25-11-18(22)21-15-7-5-14(20)6-8-15/h4-10,12H,11H2,1-3H3,(H,21,22). The first-order valence-corrected chi connectivity index (χ1v) is 7.96. The molecule has 0 unspecified atom stereocenters. The van der Waals surface area contributed by atoms with Gasteiger partial charge in [-0.15, -0.1) is 0 Å². The van der Waals surface area contributed by atoms with Crippen LogP contribution in [0.3, 0.4) is 0 Å². The van der Waals surface area contributed by atoms with E-state index in [0.717, 1.165) is 0 Å². The number of anilines is 1. The summed E-state index contributed by atoms with van der Waals surface area (Å²) >= 11 is 0. The Hall–Kier alpha value is -3.09. The molecule has 1 N–H and O–H groups in total. The van der Waals surface area contributed by atoms with Gasteiger partial charge in [0.15, 0.2) is 18.1 Å². The summed E-state index contributed by atoms with van der Waals surface area (Å²) in [5.74, 6) is -0.665. The van der Waals surface area contributed by atoms with Gasteiger partial charge in [0, 0.05) is 5.69 Å². The fourth-order valence-electron chi connectivity index (χ4n) is 2.07. The molecule has 0 aliphatic rings. The number of rotatable bonds is 7. The second-order valence-electron chi connectivity index (χ2n) is 5.66. The molecule has 26 heavy (non-hydrogen) atoms. The van der Waals surface area contributed by atoms with Gasteiger partial charge in [-0.25, -0.2) is 9.18 Å². The predicted octanol–water partition coefficient (Wildman–Crippen LogP) is 3.42. The highest BCUT2D eigenvalue weighted by Crippen LogP contribution is 2.28. The molecule has 0 bridgehead atoms. The number of halogens is 1. The Kier molecular flexibility index (Phi) is 6.54. The summed E-state index contributed by atoms with van der Waals surface area (Å²) < 4.78 is 28.6. The van der Waals surface area contributed by atoms with Gasteiger partial charge >= 0.3 is 5.97 Å². The molecular formula is C19H20FNO5. The van der Waals surface area contributed by atoms with Crippen molar-refractivity contribution >= 4 is 17.6 Å². The largest absolute Gasteiger partial charge is 0.493 e. The summed E-state index contributed by atoms with van der Waals surface area (Å²) in [5.41, 5.74) is 0.775. The monoisotopic (exact) mass is 361 g/mol. The van der Waals surface area contributed by atoms with Crippen LogP contribution in [-0.4, -0.2) is 31.7 Å². The number of nitrogens with one attached hydrogen (secondary N) is 1. The molecule has 6 nitrogen and oxygen atoms in total. The third-order valence-electron chi connectivity index (χ3n) is 3.23. The maximum atomic E-state index is 12.9. The van der Waals surface area contributed by atoms with E-state index < -0.39 is 11.9 Å². The molecule has 2 rings (SSSR count). The quantitative estimate of drug-likeness (QED) is 0.765. The Balaban J connectivity index is 1.99. The van der Waals surface area contributed by atoms with Gasteiger partial charge in [-0.2, -0.15) is 0 Å². The van der Waals surface area contributed by atoms with Gasteiger partial charge in [0.25, 0.3) is 5.91 Å². The first kappa shape index (κ1) is 19.2. The van der Waals surface area contributed by atoms with Crippen LogP contribution in [0.15, 0.2) is 42.5 Å². The summed E-state index contributed by atoms with van der Waals surface area (Å²) in [6, 6.07) is 9.92. The second kappa shape index (κ2) is 8.84. The van der Waals surface area contributed by atoms with E-state index in [9.17, 15) is 14.0 Å². The number of benzene rings is 2. The molecule has 0 aliphatic carbocycles. The van der Waals surface area contributed by atoms with Gasteiger partial charge in [-0.05, 0) is 56.3 Å². The lowest BCUT2D eigenvalue weighted by molar-refractivity contribution is -0.118. The van der Waals surface area contributed by atoms with Crippen molar-refractivity contribution in [1.29, 1.82) is 0 Å². The summed E-state index contributed by atoms with van der Waals surface area (Å²) in [6.07, 6.45) is -0.237. The molecule has 2 aromatic rings. The summed E-state index contributed by atoms with van der Waals surface area (Å²) in [5, 5.41) is 2.58. The number of carbonyl (C=O) groups is 2. The third-order valence-corrected chi connectivity index (χ3v) is 3.23. The predicted molar refractivity (Wildman–Crippen MR) is 94.1 cm³/mol. The van der Waals surface area contributed by atoms with Crippen LogP contribution in [0.4, 0.5) is 10.1 Å². The van der Waals surface area contributed by atoms with Crippen molar-refractivity contribution in [2.75, 3.05) is 19.0 Å². The van der Waals surface area contributed by atoms with Gasteiger partial charge in [0.1, 0.15) is 5.82 Å². The molecule has 0 heterocycles. The van der Waals surface area contributed by atoms with Crippen LogP contribution in [0.2, 0.25) is 0 Å². The highest BCUT2D eigenvalue weighted by molar-refractivity contribution is 5.92. The van der Waals surface area contributed by atoms with E-state index >= 15 is 0 Å². The van der Waals surface area contributed by atoms with Crippen molar-refractivity contribution in [2.45, 2.75) is 20.0 Å². The van der Waals surface area contributed by atoms with Gasteiger partial charge in [-0.1, -0.05) is 0 Å². The molecule has 0 radical (unpaired) electrons. The average Bonchev–Trinajstić information content (AvgIpc) is 2.61. The lowest BCUT2D eigenvalue weighted by Gasteiger charge is -2.13. The smallest absolute Gasteiger partial charge is 0.338 e. The van der Waals surface area contributed by atoms with Crippen LogP contribution < -0.4 is 14.8 Å². The van der Waals surface area contributed by atoms with E-state index in [1.165, 1.54) is 49.6 Å². The lowest BCUT2D eigenvalue weighted by Crippen LogP contribution is -2.20. The fourth-order valence-corrected chi connectivity index (χ4v) is 2.07. The molecule has 0 saturated heterocycles. The van der Waals surface area contributed by atoms with E-state index in [0.29, 0.717) is 22.7 Å². The average molecular weight is 361 g/mol. The molecule has 7 heteroatoms. The van der Waals surface area contributed by atoms with Crippen molar-refractivity contribution in [3.8, 4) is 11.5 Å². The third kappa shape index (κ3) is 5.47. The highest BCUT2D eigenvalue weighted by atomic mass is 19.1. The van der Waals surface area contributed by atoms with E-state index in [4.69, 9.17) is 14.2 Å². The van der Waals surface area contributed by atoms with Gasteiger partial charge in [0.2, 0.25) is 0 Å². The number of ether oxygens (including phenoxy) is 3.